The van der Waals surface area contributed by atoms with E-state index >= 15 is 0 Å². The summed E-state index contributed by atoms with van der Waals surface area (Å²) in [6, 6.07) is 2.34. The molecule has 1 unspecified atom stereocenters. The molecule has 1 aliphatic rings. The van der Waals surface area contributed by atoms with E-state index in [0.29, 0.717) is 24.1 Å². The lowest BCUT2D eigenvalue weighted by Crippen LogP contribution is -2.34. The fourth-order valence-electron chi connectivity index (χ4n) is 2.02. The minimum Gasteiger partial charge on any atom is -0.267 e. The Hall–Kier alpha value is -2.31. The van der Waals surface area contributed by atoms with Gasteiger partial charge in [0, 0.05) is 29.3 Å². The largest absolute Gasteiger partial charge is 0.271 e. The van der Waals surface area contributed by atoms with E-state index in [9.17, 15) is 14.9 Å². The SMILES string of the molecule is O=C(N/N=C1\CCCCC1[N+](=O)[O-])c1ccncc1. The molecule has 7 nitrogen and oxygen atoms in total. The van der Waals surface area contributed by atoms with Gasteiger partial charge in [-0.05, 0) is 31.4 Å². The van der Waals surface area contributed by atoms with Crippen molar-refractivity contribution < 1.29 is 9.72 Å². The highest BCUT2D eigenvalue weighted by atomic mass is 16.6. The Balaban J connectivity index is 2.04. The second kappa shape index (κ2) is 6.03. The van der Waals surface area contributed by atoms with Crippen molar-refractivity contribution in [2.45, 2.75) is 31.7 Å². The maximum absolute atomic E-state index is 11.7. The molecule has 1 fully saturated rings. The van der Waals surface area contributed by atoms with E-state index in [-0.39, 0.29) is 10.8 Å². The maximum Gasteiger partial charge on any atom is 0.271 e. The van der Waals surface area contributed by atoms with Gasteiger partial charge >= 0.3 is 0 Å². The van der Waals surface area contributed by atoms with Crippen LogP contribution in [0.1, 0.15) is 36.0 Å². The van der Waals surface area contributed by atoms with Crippen molar-refractivity contribution >= 4 is 11.6 Å². The molecule has 0 aromatic carbocycles. The van der Waals surface area contributed by atoms with Crippen molar-refractivity contribution in [1.29, 1.82) is 0 Å². The second-order valence-electron chi connectivity index (χ2n) is 4.33. The number of hydrogen-bond donors (Lipinski definition) is 1. The Morgan fingerprint density at radius 1 is 1.42 bits per heavy atom. The Kier molecular flexibility index (Phi) is 4.17. The number of amides is 1. The molecular weight excluding hydrogens is 248 g/mol. The Bertz CT molecular complexity index is 501. The van der Waals surface area contributed by atoms with Crippen molar-refractivity contribution in [3.8, 4) is 0 Å². The van der Waals surface area contributed by atoms with E-state index < -0.39 is 6.04 Å². The van der Waals surface area contributed by atoms with Gasteiger partial charge in [-0.15, -0.1) is 0 Å². The number of rotatable bonds is 3. The zero-order valence-corrected chi connectivity index (χ0v) is 10.3. The topological polar surface area (TPSA) is 97.5 Å². The molecule has 1 saturated carbocycles. The van der Waals surface area contributed by atoms with Crippen LogP contribution in [0.2, 0.25) is 0 Å². The molecule has 2 rings (SSSR count). The molecule has 0 spiro atoms. The molecule has 7 heteroatoms. The van der Waals surface area contributed by atoms with Gasteiger partial charge < -0.3 is 0 Å². The summed E-state index contributed by atoms with van der Waals surface area (Å²) in [6.45, 7) is 0. The highest BCUT2D eigenvalue weighted by molar-refractivity contribution is 5.96. The monoisotopic (exact) mass is 262 g/mol. The van der Waals surface area contributed by atoms with E-state index in [4.69, 9.17) is 0 Å². The fourth-order valence-corrected chi connectivity index (χ4v) is 2.02. The molecule has 19 heavy (non-hydrogen) atoms. The molecule has 1 N–H and O–H groups in total. The highest BCUT2D eigenvalue weighted by Gasteiger charge is 2.30. The van der Waals surface area contributed by atoms with Crippen LogP contribution < -0.4 is 5.43 Å². The average Bonchev–Trinajstić information content (AvgIpc) is 2.46. The number of nitrogens with one attached hydrogen (secondary N) is 1. The number of nitrogens with zero attached hydrogens (tertiary/aromatic N) is 3. The summed E-state index contributed by atoms with van der Waals surface area (Å²) >= 11 is 0. The predicted octanol–water partition coefficient (Wildman–Crippen LogP) is 1.39. The Labute approximate surface area is 109 Å². The number of carbonyl (C=O) groups is 1. The van der Waals surface area contributed by atoms with Crippen LogP contribution in [0.4, 0.5) is 0 Å². The van der Waals surface area contributed by atoms with Gasteiger partial charge in [-0.1, -0.05) is 0 Å². The molecule has 0 saturated heterocycles. The standard InChI is InChI=1S/C12H14N4O3/c17-12(9-5-7-13-8-6-9)15-14-10-3-1-2-4-11(10)16(18)19/h5-8,11H,1-4H2,(H,15,17)/b14-10+. The molecule has 1 atom stereocenters. The van der Waals surface area contributed by atoms with Gasteiger partial charge in [0.2, 0.25) is 0 Å². The number of pyridine rings is 1. The molecule has 1 heterocycles. The van der Waals surface area contributed by atoms with Crippen LogP contribution in [-0.2, 0) is 0 Å². The lowest BCUT2D eigenvalue weighted by molar-refractivity contribution is -0.504. The summed E-state index contributed by atoms with van der Waals surface area (Å²) in [5.41, 5.74) is 3.24. The van der Waals surface area contributed by atoms with E-state index in [1.54, 1.807) is 12.1 Å². The molecule has 0 aliphatic heterocycles. The minimum atomic E-state index is -0.772. The molecular formula is C12H14N4O3. The van der Waals surface area contributed by atoms with Gasteiger partial charge in [0.25, 0.3) is 11.9 Å². The first-order valence-corrected chi connectivity index (χ1v) is 6.09. The quantitative estimate of drug-likeness (QED) is 0.657. The highest BCUT2D eigenvalue weighted by Crippen LogP contribution is 2.17. The van der Waals surface area contributed by atoms with Crippen LogP contribution in [0.25, 0.3) is 0 Å². The Morgan fingerprint density at radius 2 is 2.16 bits per heavy atom. The zero-order valence-electron chi connectivity index (χ0n) is 10.3. The van der Waals surface area contributed by atoms with Crippen LogP contribution in [0.5, 0.6) is 0 Å². The van der Waals surface area contributed by atoms with Gasteiger partial charge in [-0.25, -0.2) is 5.43 Å². The summed E-state index contributed by atoms with van der Waals surface area (Å²) in [5.74, 6) is -0.387. The number of nitro groups is 1. The third-order valence-corrected chi connectivity index (χ3v) is 3.04. The molecule has 0 bridgehead atoms. The zero-order chi connectivity index (χ0) is 13.7. The average molecular weight is 262 g/mol. The summed E-state index contributed by atoms with van der Waals surface area (Å²) in [7, 11) is 0. The van der Waals surface area contributed by atoms with Gasteiger partial charge in [0.15, 0.2) is 0 Å². The van der Waals surface area contributed by atoms with Crippen LogP contribution in [0, 0.1) is 10.1 Å². The number of aromatic nitrogens is 1. The smallest absolute Gasteiger partial charge is 0.267 e. The van der Waals surface area contributed by atoms with E-state index in [0.717, 1.165) is 12.8 Å². The van der Waals surface area contributed by atoms with Crippen molar-refractivity contribution in [2.75, 3.05) is 0 Å². The third-order valence-electron chi connectivity index (χ3n) is 3.04. The maximum atomic E-state index is 11.7. The van der Waals surface area contributed by atoms with Crippen LogP contribution in [0.3, 0.4) is 0 Å². The van der Waals surface area contributed by atoms with E-state index in [1.165, 1.54) is 12.4 Å². The third kappa shape index (κ3) is 3.34. The van der Waals surface area contributed by atoms with E-state index in [2.05, 4.69) is 15.5 Å². The summed E-state index contributed by atoms with van der Waals surface area (Å²) in [6.07, 6.45) is 5.74. The molecule has 1 amide bonds. The van der Waals surface area contributed by atoms with Crippen molar-refractivity contribution in [3.05, 3.63) is 40.2 Å². The van der Waals surface area contributed by atoms with Crippen LogP contribution in [0.15, 0.2) is 29.6 Å². The fraction of sp³-hybridized carbons (Fsp3) is 0.417. The number of carbonyl (C=O) groups excluding carboxylic acids is 1. The predicted molar refractivity (Wildman–Crippen MR) is 68.4 cm³/mol. The molecule has 100 valence electrons. The molecule has 1 aromatic rings. The van der Waals surface area contributed by atoms with Crippen LogP contribution in [-0.4, -0.2) is 27.6 Å². The van der Waals surface area contributed by atoms with Crippen molar-refractivity contribution in [2.24, 2.45) is 5.10 Å². The first kappa shape index (κ1) is 13.1. The lowest BCUT2D eigenvalue weighted by Gasteiger charge is -2.17. The summed E-state index contributed by atoms with van der Waals surface area (Å²) in [4.78, 5) is 26.1. The molecule has 0 radical (unpaired) electrons. The van der Waals surface area contributed by atoms with Gasteiger partial charge in [-0.2, -0.15) is 5.10 Å². The van der Waals surface area contributed by atoms with Gasteiger partial charge in [-0.3, -0.25) is 19.9 Å². The molecule has 1 aliphatic carbocycles. The van der Waals surface area contributed by atoms with Crippen molar-refractivity contribution in [3.63, 3.8) is 0 Å². The number of hydrogen-bond acceptors (Lipinski definition) is 5. The van der Waals surface area contributed by atoms with Crippen LogP contribution >= 0.6 is 0 Å². The first-order valence-electron chi connectivity index (χ1n) is 6.09. The minimum absolute atomic E-state index is 0.337. The van der Waals surface area contributed by atoms with Gasteiger partial charge in [0.1, 0.15) is 5.71 Å². The van der Waals surface area contributed by atoms with E-state index in [1.807, 2.05) is 0 Å². The first-order chi connectivity index (χ1) is 9.18. The Morgan fingerprint density at radius 3 is 2.84 bits per heavy atom. The second-order valence-corrected chi connectivity index (χ2v) is 4.33. The molecule has 1 aromatic heterocycles. The van der Waals surface area contributed by atoms with Crippen molar-refractivity contribution in [1.82, 2.24) is 10.4 Å². The normalized spacial score (nSPS) is 21.1. The lowest BCUT2D eigenvalue weighted by atomic mass is 9.94. The van der Waals surface area contributed by atoms with Gasteiger partial charge in [0.05, 0.1) is 0 Å². The summed E-state index contributed by atoms with van der Waals surface area (Å²) in [5, 5.41) is 14.8. The summed E-state index contributed by atoms with van der Waals surface area (Å²) < 4.78 is 0. The number of hydrazone groups is 1.